The third kappa shape index (κ3) is 3.29. The first-order chi connectivity index (χ1) is 8.20. The summed E-state index contributed by atoms with van der Waals surface area (Å²) in [6.07, 6.45) is 9.67. The number of nitrogens with one attached hydrogen (secondary N) is 1. The van der Waals surface area contributed by atoms with Gasteiger partial charge in [-0.1, -0.05) is 19.8 Å². The smallest absolute Gasteiger partial charge is 0.251 e. The first-order valence-electron chi connectivity index (χ1n) is 6.38. The van der Waals surface area contributed by atoms with Crippen molar-refractivity contribution in [1.82, 2.24) is 10.3 Å². The molecule has 1 aromatic heterocycles. The van der Waals surface area contributed by atoms with Crippen molar-refractivity contribution in [2.24, 2.45) is 5.41 Å². The SMILES string of the molecule is CC1(CCNC(=O)c2ccncc2)CCCC1. The number of carbonyl (C=O) groups is 1. The summed E-state index contributed by atoms with van der Waals surface area (Å²) in [5.74, 6) is 0.00833. The summed E-state index contributed by atoms with van der Waals surface area (Å²) in [5, 5.41) is 2.98. The highest BCUT2D eigenvalue weighted by molar-refractivity contribution is 5.93. The number of hydrogen-bond acceptors (Lipinski definition) is 2. The number of rotatable bonds is 4. The zero-order chi connectivity index (χ0) is 12.1. The van der Waals surface area contributed by atoms with Gasteiger partial charge in [0.05, 0.1) is 0 Å². The van der Waals surface area contributed by atoms with Gasteiger partial charge in [0.2, 0.25) is 0 Å². The number of carbonyl (C=O) groups excluding carboxylic acids is 1. The van der Waals surface area contributed by atoms with Crippen LogP contribution >= 0.6 is 0 Å². The maximum atomic E-state index is 11.8. The minimum Gasteiger partial charge on any atom is -0.352 e. The van der Waals surface area contributed by atoms with E-state index in [1.165, 1.54) is 25.7 Å². The van der Waals surface area contributed by atoms with Gasteiger partial charge in [-0.25, -0.2) is 0 Å². The fraction of sp³-hybridized carbons (Fsp3) is 0.571. The van der Waals surface area contributed by atoms with E-state index in [1.54, 1.807) is 24.5 Å². The molecule has 1 fully saturated rings. The summed E-state index contributed by atoms with van der Waals surface area (Å²) in [6.45, 7) is 3.11. The van der Waals surface area contributed by atoms with E-state index in [2.05, 4.69) is 17.2 Å². The van der Waals surface area contributed by atoms with Crippen molar-refractivity contribution in [2.45, 2.75) is 39.0 Å². The van der Waals surface area contributed by atoms with Gasteiger partial charge >= 0.3 is 0 Å². The minimum absolute atomic E-state index is 0.00833. The summed E-state index contributed by atoms with van der Waals surface area (Å²) in [7, 11) is 0. The fourth-order valence-corrected chi connectivity index (χ4v) is 2.56. The Morgan fingerprint density at radius 3 is 2.65 bits per heavy atom. The molecule has 1 aliphatic rings. The highest BCUT2D eigenvalue weighted by Gasteiger charge is 2.27. The third-order valence-corrected chi connectivity index (χ3v) is 3.77. The van der Waals surface area contributed by atoms with Gasteiger partial charge in [-0.15, -0.1) is 0 Å². The van der Waals surface area contributed by atoms with E-state index in [1.807, 2.05) is 0 Å². The lowest BCUT2D eigenvalue weighted by molar-refractivity contribution is 0.0948. The summed E-state index contributed by atoms with van der Waals surface area (Å²) in [5.41, 5.74) is 1.14. The molecule has 2 rings (SSSR count). The average molecular weight is 232 g/mol. The van der Waals surface area contributed by atoms with Crippen molar-refractivity contribution >= 4 is 5.91 Å². The second kappa shape index (κ2) is 5.30. The molecule has 1 aliphatic carbocycles. The van der Waals surface area contributed by atoms with Crippen LogP contribution in [0.25, 0.3) is 0 Å². The van der Waals surface area contributed by atoms with Crippen molar-refractivity contribution < 1.29 is 4.79 Å². The van der Waals surface area contributed by atoms with E-state index in [9.17, 15) is 4.79 Å². The van der Waals surface area contributed by atoms with Gasteiger partial charge in [-0.05, 0) is 36.8 Å². The molecule has 1 heterocycles. The Balaban J connectivity index is 1.77. The lowest BCUT2D eigenvalue weighted by Crippen LogP contribution is -2.28. The summed E-state index contributed by atoms with van der Waals surface area (Å²) in [6, 6.07) is 3.49. The van der Waals surface area contributed by atoms with Crippen LogP contribution in [0.4, 0.5) is 0 Å². The maximum absolute atomic E-state index is 11.8. The van der Waals surface area contributed by atoms with Crippen LogP contribution < -0.4 is 5.32 Å². The second-order valence-corrected chi connectivity index (χ2v) is 5.26. The van der Waals surface area contributed by atoms with Gasteiger partial charge in [0.25, 0.3) is 5.91 Å². The van der Waals surface area contributed by atoms with Crippen LogP contribution in [0.5, 0.6) is 0 Å². The lowest BCUT2D eigenvalue weighted by atomic mass is 9.85. The highest BCUT2D eigenvalue weighted by Crippen LogP contribution is 2.39. The van der Waals surface area contributed by atoms with Gasteiger partial charge in [-0.2, -0.15) is 0 Å². The van der Waals surface area contributed by atoms with Crippen LogP contribution in [0.3, 0.4) is 0 Å². The fourth-order valence-electron chi connectivity index (χ4n) is 2.56. The van der Waals surface area contributed by atoms with E-state index in [-0.39, 0.29) is 5.91 Å². The normalized spacial score (nSPS) is 17.9. The first kappa shape index (κ1) is 12.1. The Bertz CT molecular complexity index is 369. The van der Waals surface area contributed by atoms with E-state index >= 15 is 0 Å². The van der Waals surface area contributed by atoms with Gasteiger partial charge < -0.3 is 5.32 Å². The Morgan fingerprint density at radius 2 is 2.00 bits per heavy atom. The Hall–Kier alpha value is -1.38. The van der Waals surface area contributed by atoms with Crippen molar-refractivity contribution in [3.05, 3.63) is 30.1 Å². The molecule has 0 unspecified atom stereocenters. The monoisotopic (exact) mass is 232 g/mol. The van der Waals surface area contributed by atoms with Crippen molar-refractivity contribution in [3.63, 3.8) is 0 Å². The average Bonchev–Trinajstić information content (AvgIpc) is 2.77. The van der Waals surface area contributed by atoms with Crippen LogP contribution in [-0.2, 0) is 0 Å². The molecule has 1 saturated carbocycles. The molecule has 0 aliphatic heterocycles. The quantitative estimate of drug-likeness (QED) is 0.867. The molecular formula is C14H20N2O. The Labute approximate surface area is 103 Å². The number of aromatic nitrogens is 1. The van der Waals surface area contributed by atoms with Crippen molar-refractivity contribution in [3.8, 4) is 0 Å². The van der Waals surface area contributed by atoms with Crippen LogP contribution in [0.15, 0.2) is 24.5 Å². The molecule has 3 heteroatoms. The van der Waals surface area contributed by atoms with Gasteiger partial charge in [0, 0.05) is 24.5 Å². The largest absolute Gasteiger partial charge is 0.352 e. The number of amides is 1. The van der Waals surface area contributed by atoms with Gasteiger partial charge in [0.1, 0.15) is 0 Å². The molecule has 1 amide bonds. The maximum Gasteiger partial charge on any atom is 0.251 e. The van der Waals surface area contributed by atoms with Gasteiger partial charge in [-0.3, -0.25) is 9.78 Å². The van der Waals surface area contributed by atoms with Crippen LogP contribution in [0.2, 0.25) is 0 Å². The topological polar surface area (TPSA) is 42.0 Å². The molecule has 92 valence electrons. The van der Waals surface area contributed by atoms with E-state index in [0.29, 0.717) is 11.0 Å². The summed E-state index contributed by atoms with van der Waals surface area (Å²) in [4.78, 5) is 15.7. The molecule has 3 nitrogen and oxygen atoms in total. The van der Waals surface area contributed by atoms with Crippen molar-refractivity contribution in [1.29, 1.82) is 0 Å². The van der Waals surface area contributed by atoms with Crippen LogP contribution in [-0.4, -0.2) is 17.4 Å². The summed E-state index contributed by atoms with van der Waals surface area (Å²) < 4.78 is 0. The van der Waals surface area contributed by atoms with Gasteiger partial charge in [0.15, 0.2) is 0 Å². The molecule has 0 bridgehead atoms. The minimum atomic E-state index is 0.00833. The third-order valence-electron chi connectivity index (χ3n) is 3.77. The van der Waals surface area contributed by atoms with Crippen LogP contribution in [0, 0.1) is 5.41 Å². The van der Waals surface area contributed by atoms with E-state index < -0.39 is 0 Å². The zero-order valence-electron chi connectivity index (χ0n) is 10.4. The standard InChI is InChI=1S/C14H20N2O/c1-14(6-2-3-7-14)8-11-16-13(17)12-4-9-15-10-5-12/h4-5,9-10H,2-3,6-8,11H2,1H3,(H,16,17). The van der Waals surface area contributed by atoms with Crippen LogP contribution in [0.1, 0.15) is 49.4 Å². The second-order valence-electron chi connectivity index (χ2n) is 5.26. The van der Waals surface area contributed by atoms with E-state index in [0.717, 1.165) is 13.0 Å². The molecular weight excluding hydrogens is 212 g/mol. The summed E-state index contributed by atoms with van der Waals surface area (Å²) >= 11 is 0. The zero-order valence-corrected chi connectivity index (χ0v) is 10.4. The molecule has 0 atom stereocenters. The van der Waals surface area contributed by atoms with Crippen molar-refractivity contribution in [2.75, 3.05) is 6.54 Å². The Kier molecular flexibility index (Phi) is 3.77. The molecule has 1 aromatic rings. The molecule has 0 aromatic carbocycles. The lowest BCUT2D eigenvalue weighted by Gasteiger charge is -2.23. The number of pyridine rings is 1. The molecule has 17 heavy (non-hydrogen) atoms. The Morgan fingerprint density at radius 1 is 1.35 bits per heavy atom. The predicted molar refractivity (Wildman–Crippen MR) is 67.8 cm³/mol. The molecule has 0 radical (unpaired) electrons. The molecule has 0 spiro atoms. The number of nitrogens with zero attached hydrogens (tertiary/aromatic N) is 1. The predicted octanol–water partition coefficient (Wildman–Crippen LogP) is 2.78. The van der Waals surface area contributed by atoms with E-state index in [4.69, 9.17) is 0 Å². The highest BCUT2D eigenvalue weighted by atomic mass is 16.1. The molecule has 0 saturated heterocycles. The molecule has 1 N–H and O–H groups in total. The number of hydrogen-bond donors (Lipinski definition) is 1. The first-order valence-corrected chi connectivity index (χ1v) is 6.38.